The molecule has 3 rings (SSSR count). The Kier molecular flexibility index (Phi) is 2.89. The van der Waals surface area contributed by atoms with Crippen molar-refractivity contribution < 1.29 is 14.7 Å². The summed E-state index contributed by atoms with van der Waals surface area (Å²) < 4.78 is 0. The molecule has 1 unspecified atom stereocenters. The number of nitrogens with one attached hydrogen (secondary N) is 1. The van der Waals surface area contributed by atoms with Gasteiger partial charge in [0.1, 0.15) is 0 Å². The van der Waals surface area contributed by atoms with E-state index in [0.717, 1.165) is 17.7 Å². The Morgan fingerprint density at radius 1 is 1.21 bits per heavy atom. The maximum Gasteiger partial charge on any atom is 0.310 e. The zero-order chi connectivity index (χ0) is 13.4. The Labute approximate surface area is 111 Å². The summed E-state index contributed by atoms with van der Waals surface area (Å²) in [6.07, 6.45) is 0.732. The van der Waals surface area contributed by atoms with Crippen LogP contribution in [0.15, 0.2) is 24.3 Å². The smallest absolute Gasteiger partial charge is 0.310 e. The topological polar surface area (TPSA) is 69.6 Å². The number of nitrogens with zero attached hydrogens (tertiary/aromatic N) is 1. The van der Waals surface area contributed by atoms with Gasteiger partial charge in [0, 0.05) is 25.3 Å². The number of amides is 1. The largest absolute Gasteiger partial charge is 0.481 e. The summed E-state index contributed by atoms with van der Waals surface area (Å²) in [5.74, 6) is -1.20. The van der Waals surface area contributed by atoms with Gasteiger partial charge in [-0.15, -0.1) is 0 Å². The molecule has 2 aliphatic rings. The average molecular weight is 260 g/mol. The van der Waals surface area contributed by atoms with Gasteiger partial charge in [0.05, 0.1) is 11.8 Å². The summed E-state index contributed by atoms with van der Waals surface area (Å²) in [5.41, 5.74) is 2.25. The molecule has 0 spiro atoms. The van der Waals surface area contributed by atoms with Crippen molar-refractivity contribution in [2.45, 2.75) is 6.42 Å². The molecule has 1 aromatic rings. The molecule has 5 nitrogen and oxygen atoms in total. The van der Waals surface area contributed by atoms with Crippen molar-refractivity contribution in [3.8, 4) is 0 Å². The first-order chi connectivity index (χ1) is 9.15. The molecular formula is C14H16N2O3. The maximum atomic E-state index is 12.3. The van der Waals surface area contributed by atoms with E-state index in [2.05, 4.69) is 5.32 Å². The van der Waals surface area contributed by atoms with Crippen molar-refractivity contribution in [2.75, 3.05) is 25.0 Å². The lowest BCUT2D eigenvalue weighted by Gasteiger charge is -2.39. The highest BCUT2D eigenvalue weighted by Crippen LogP contribution is 2.27. The lowest BCUT2D eigenvalue weighted by atomic mass is 9.90. The van der Waals surface area contributed by atoms with Crippen LogP contribution in [-0.4, -0.2) is 41.5 Å². The quantitative estimate of drug-likeness (QED) is 0.825. The van der Waals surface area contributed by atoms with E-state index in [1.54, 1.807) is 4.90 Å². The number of carboxylic acids is 1. The fourth-order valence-electron chi connectivity index (χ4n) is 2.69. The Hall–Kier alpha value is -2.04. The van der Waals surface area contributed by atoms with E-state index in [4.69, 9.17) is 5.11 Å². The number of benzene rings is 1. The zero-order valence-corrected chi connectivity index (χ0v) is 10.5. The lowest BCUT2D eigenvalue weighted by molar-refractivity contribution is -0.154. The van der Waals surface area contributed by atoms with Gasteiger partial charge < -0.3 is 15.3 Å². The third kappa shape index (κ3) is 2.16. The molecule has 0 radical (unpaired) electrons. The molecule has 100 valence electrons. The standard InChI is InChI=1S/C14H16N2O3/c17-13(16-7-11(8-16)14(18)19)10-5-9-3-1-2-4-12(9)15-6-10/h1-4,10-11,15H,5-8H2,(H,18,19). The highest BCUT2D eigenvalue weighted by Gasteiger charge is 2.38. The van der Waals surface area contributed by atoms with E-state index in [-0.39, 0.29) is 17.7 Å². The predicted octanol–water partition coefficient (Wildman–Crippen LogP) is 0.814. The van der Waals surface area contributed by atoms with Gasteiger partial charge in [-0.1, -0.05) is 18.2 Å². The van der Waals surface area contributed by atoms with Crippen LogP contribution < -0.4 is 5.32 Å². The van der Waals surface area contributed by atoms with Gasteiger partial charge in [-0.05, 0) is 18.1 Å². The number of aliphatic carboxylic acids is 1. The van der Waals surface area contributed by atoms with Gasteiger partial charge in [-0.25, -0.2) is 0 Å². The highest BCUT2D eigenvalue weighted by atomic mass is 16.4. The second-order valence-corrected chi connectivity index (χ2v) is 5.22. The summed E-state index contributed by atoms with van der Waals surface area (Å²) in [7, 11) is 0. The Balaban J connectivity index is 1.63. The minimum absolute atomic E-state index is 0.0690. The van der Waals surface area contributed by atoms with E-state index in [1.165, 1.54) is 0 Å². The number of hydrogen-bond acceptors (Lipinski definition) is 3. The molecule has 2 heterocycles. The predicted molar refractivity (Wildman–Crippen MR) is 69.8 cm³/mol. The molecular weight excluding hydrogens is 244 g/mol. The first-order valence-electron chi connectivity index (χ1n) is 6.48. The molecule has 0 bridgehead atoms. The van der Waals surface area contributed by atoms with Gasteiger partial charge in [0.2, 0.25) is 5.91 Å². The monoisotopic (exact) mass is 260 g/mol. The van der Waals surface area contributed by atoms with E-state index in [0.29, 0.717) is 19.6 Å². The first-order valence-corrected chi connectivity index (χ1v) is 6.48. The van der Waals surface area contributed by atoms with Crippen LogP contribution in [0.5, 0.6) is 0 Å². The van der Waals surface area contributed by atoms with Crippen molar-refractivity contribution in [1.29, 1.82) is 0 Å². The molecule has 2 N–H and O–H groups in total. The molecule has 1 atom stereocenters. The van der Waals surface area contributed by atoms with Gasteiger partial charge in [0.15, 0.2) is 0 Å². The van der Waals surface area contributed by atoms with Crippen molar-refractivity contribution in [3.63, 3.8) is 0 Å². The maximum absolute atomic E-state index is 12.3. The third-order valence-corrected chi connectivity index (χ3v) is 3.91. The van der Waals surface area contributed by atoms with Gasteiger partial charge in [-0.3, -0.25) is 9.59 Å². The zero-order valence-electron chi connectivity index (χ0n) is 10.5. The van der Waals surface area contributed by atoms with Crippen molar-refractivity contribution >= 4 is 17.6 Å². The first kappa shape index (κ1) is 12.0. The fraction of sp³-hybridized carbons (Fsp3) is 0.429. The SMILES string of the molecule is O=C(O)C1CN(C(=O)C2CNc3ccccc3C2)C1. The molecule has 0 aromatic heterocycles. The number of para-hydroxylation sites is 1. The van der Waals surface area contributed by atoms with Crippen LogP contribution >= 0.6 is 0 Å². The second-order valence-electron chi connectivity index (χ2n) is 5.22. The molecule has 19 heavy (non-hydrogen) atoms. The van der Waals surface area contributed by atoms with Crippen LogP contribution in [0.2, 0.25) is 0 Å². The van der Waals surface area contributed by atoms with Crippen LogP contribution in [0.3, 0.4) is 0 Å². The molecule has 1 aromatic carbocycles. The highest BCUT2D eigenvalue weighted by molar-refractivity contribution is 5.84. The van der Waals surface area contributed by atoms with Crippen LogP contribution in [0, 0.1) is 11.8 Å². The Morgan fingerprint density at radius 3 is 2.68 bits per heavy atom. The normalized spacial score (nSPS) is 22.1. The number of carbonyl (C=O) groups excluding carboxylic acids is 1. The molecule has 1 fully saturated rings. The summed E-state index contributed by atoms with van der Waals surface area (Å²) in [5, 5.41) is 12.1. The molecule has 1 amide bonds. The van der Waals surface area contributed by atoms with Crippen LogP contribution in [0.25, 0.3) is 0 Å². The average Bonchev–Trinajstić information content (AvgIpc) is 2.35. The number of anilines is 1. The number of likely N-dealkylation sites (tertiary alicyclic amines) is 1. The summed E-state index contributed by atoms with van der Waals surface area (Å²) >= 11 is 0. The number of hydrogen-bond donors (Lipinski definition) is 2. The Morgan fingerprint density at radius 2 is 1.95 bits per heavy atom. The summed E-state index contributed by atoms with van der Waals surface area (Å²) in [6, 6.07) is 7.98. The van der Waals surface area contributed by atoms with Gasteiger partial charge in [-0.2, -0.15) is 0 Å². The second kappa shape index (κ2) is 4.57. The van der Waals surface area contributed by atoms with Crippen LogP contribution in [-0.2, 0) is 16.0 Å². The van der Waals surface area contributed by atoms with Gasteiger partial charge >= 0.3 is 5.97 Å². The van der Waals surface area contributed by atoms with Crippen LogP contribution in [0.4, 0.5) is 5.69 Å². The van der Waals surface area contributed by atoms with Crippen molar-refractivity contribution in [2.24, 2.45) is 11.8 Å². The molecule has 0 saturated carbocycles. The van der Waals surface area contributed by atoms with Crippen LogP contribution in [0.1, 0.15) is 5.56 Å². The summed E-state index contributed by atoms with van der Waals surface area (Å²) in [4.78, 5) is 24.6. The fourth-order valence-corrected chi connectivity index (χ4v) is 2.69. The van der Waals surface area contributed by atoms with Crippen molar-refractivity contribution in [3.05, 3.63) is 29.8 Å². The summed E-state index contributed by atoms with van der Waals surface area (Å²) in [6.45, 7) is 1.34. The minimum atomic E-state index is -0.809. The Bertz CT molecular complexity index is 523. The molecule has 2 aliphatic heterocycles. The van der Waals surface area contributed by atoms with E-state index in [9.17, 15) is 9.59 Å². The number of carbonyl (C=O) groups is 2. The molecule has 5 heteroatoms. The third-order valence-electron chi connectivity index (χ3n) is 3.91. The van der Waals surface area contributed by atoms with Crippen molar-refractivity contribution in [1.82, 2.24) is 4.90 Å². The lowest BCUT2D eigenvalue weighted by Crippen LogP contribution is -2.56. The molecule has 1 saturated heterocycles. The number of rotatable bonds is 2. The van der Waals surface area contributed by atoms with Gasteiger partial charge in [0.25, 0.3) is 0 Å². The molecule has 0 aliphatic carbocycles. The number of fused-ring (bicyclic) bond motifs is 1. The van der Waals surface area contributed by atoms with E-state index < -0.39 is 5.97 Å². The van der Waals surface area contributed by atoms with E-state index in [1.807, 2.05) is 24.3 Å². The number of carboxylic acid groups (broad SMARTS) is 1. The van der Waals surface area contributed by atoms with E-state index >= 15 is 0 Å². The minimum Gasteiger partial charge on any atom is -0.481 e.